The highest BCUT2D eigenvalue weighted by Gasteiger charge is 2.19. The average Bonchev–Trinajstić information content (AvgIpc) is 3.20. The van der Waals surface area contributed by atoms with E-state index < -0.39 is 17.1 Å². The fourth-order valence-electron chi connectivity index (χ4n) is 2.59. The molecule has 30 heavy (non-hydrogen) atoms. The van der Waals surface area contributed by atoms with E-state index in [1.54, 1.807) is 0 Å². The predicted molar refractivity (Wildman–Crippen MR) is 105 cm³/mol. The van der Waals surface area contributed by atoms with Gasteiger partial charge < -0.3 is 9.84 Å². The van der Waals surface area contributed by atoms with Gasteiger partial charge in [0.05, 0.1) is 5.69 Å². The Labute approximate surface area is 170 Å². The normalized spacial score (nSPS) is 12.0. The lowest BCUT2D eigenvalue weighted by molar-refractivity contribution is -0.121. The molecule has 158 valence electrons. The first kappa shape index (κ1) is 21.1. The van der Waals surface area contributed by atoms with Crippen molar-refractivity contribution in [2.45, 2.75) is 39.2 Å². The second kappa shape index (κ2) is 8.80. The van der Waals surface area contributed by atoms with Crippen molar-refractivity contribution in [3.63, 3.8) is 0 Å². The lowest BCUT2D eigenvalue weighted by Gasteiger charge is -2.10. The summed E-state index contributed by atoms with van der Waals surface area (Å²) in [4.78, 5) is 40.9. The average molecular weight is 416 g/mol. The van der Waals surface area contributed by atoms with Gasteiger partial charge in [0.25, 0.3) is 5.56 Å². The van der Waals surface area contributed by atoms with E-state index in [9.17, 15) is 18.8 Å². The first-order valence-corrected chi connectivity index (χ1v) is 9.38. The molecule has 0 saturated carbocycles. The zero-order chi connectivity index (χ0) is 21.8. The van der Waals surface area contributed by atoms with E-state index in [1.807, 2.05) is 13.8 Å². The van der Waals surface area contributed by atoms with Crippen LogP contribution in [0.15, 0.2) is 38.4 Å². The van der Waals surface area contributed by atoms with Gasteiger partial charge >= 0.3 is 5.69 Å². The standard InChI is InChI=1S/C19H21FN6O4/c1-4-11(2)21-14(27)9-10-15-22-17(24-30-15)16-18(28)25(3)19(29)26(23-16)13-7-5-12(20)6-8-13/h5-8,11H,4,9-10H2,1-3H3,(H,21,27)/t11-/m0/s1. The van der Waals surface area contributed by atoms with Crippen LogP contribution in [0.1, 0.15) is 32.6 Å². The first-order valence-electron chi connectivity index (χ1n) is 9.38. The predicted octanol–water partition coefficient (Wildman–Crippen LogP) is 0.968. The zero-order valence-corrected chi connectivity index (χ0v) is 16.8. The van der Waals surface area contributed by atoms with Gasteiger partial charge in [-0.1, -0.05) is 12.1 Å². The second-order valence-corrected chi connectivity index (χ2v) is 6.77. The van der Waals surface area contributed by atoms with Crippen molar-refractivity contribution >= 4 is 5.91 Å². The Hall–Kier alpha value is -3.63. The third kappa shape index (κ3) is 4.50. The van der Waals surface area contributed by atoms with Crippen molar-refractivity contribution in [3.05, 3.63) is 56.8 Å². The van der Waals surface area contributed by atoms with Crippen molar-refractivity contribution in [1.29, 1.82) is 0 Å². The maximum atomic E-state index is 13.2. The Morgan fingerprint density at radius 1 is 1.27 bits per heavy atom. The van der Waals surface area contributed by atoms with E-state index in [-0.39, 0.29) is 47.9 Å². The van der Waals surface area contributed by atoms with E-state index in [1.165, 1.54) is 31.3 Å². The fourth-order valence-corrected chi connectivity index (χ4v) is 2.59. The molecule has 0 aliphatic rings. The summed E-state index contributed by atoms with van der Waals surface area (Å²) in [7, 11) is 1.29. The van der Waals surface area contributed by atoms with Crippen LogP contribution in [0.4, 0.5) is 4.39 Å². The number of nitrogens with zero attached hydrogens (tertiary/aromatic N) is 5. The Bertz CT molecular complexity index is 1170. The summed E-state index contributed by atoms with van der Waals surface area (Å²) in [5.74, 6) is -0.573. The Balaban J connectivity index is 1.88. The summed E-state index contributed by atoms with van der Waals surface area (Å²) in [6.45, 7) is 3.87. The lowest BCUT2D eigenvalue weighted by Crippen LogP contribution is -2.40. The van der Waals surface area contributed by atoms with Crippen molar-refractivity contribution in [2.75, 3.05) is 0 Å². The van der Waals surface area contributed by atoms with Crippen molar-refractivity contribution in [2.24, 2.45) is 7.05 Å². The number of halogens is 1. The molecular weight excluding hydrogens is 395 g/mol. The van der Waals surface area contributed by atoms with Crippen LogP contribution in [0.5, 0.6) is 0 Å². The highest BCUT2D eigenvalue weighted by Crippen LogP contribution is 2.11. The number of hydrogen-bond acceptors (Lipinski definition) is 7. The molecule has 1 aromatic carbocycles. The number of rotatable bonds is 7. The van der Waals surface area contributed by atoms with Gasteiger partial charge in [-0.05, 0) is 37.6 Å². The van der Waals surface area contributed by atoms with E-state index in [0.717, 1.165) is 15.7 Å². The number of hydrogen-bond donors (Lipinski definition) is 1. The zero-order valence-electron chi connectivity index (χ0n) is 16.8. The molecule has 1 N–H and O–H groups in total. The summed E-state index contributed by atoms with van der Waals surface area (Å²) < 4.78 is 20.1. The second-order valence-electron chi connectivity index (χ2n) is 6.77. The molecule has 3 aromatic rings. The molecule has 0 bridgehead atoms. The third-order valence-electron chi connectivity index (χ3n) is 4.51. The molecule has 1 amide bonds. The number of benzene rings is 1. The minimum atomic E-state index is -0.708. The van der Waals surface area contributed by atoms with E-state index in [4.69, 9.17) is 4.52 Å². The monoisotopic (exact) mass is 416 g/mol. The largest absolute Gasteiger partial charge is 0.354 e. The summed E-state index contributed by atoms with van der Waals surface area (Å²) in [5, 5.41) is 10.6. The van der Waals surface area contributed by atoms with Gasteiger partial charge in [-0.2, -0.15) is 14.8 Å². The number of nitrogens with one attached hydrogen (secondary N) is 1. The van der Waals surface area contributed by atoms with Gasteiger partial charge in [-0.3, -0.25) is 14.2 Å². The van der Waals surface area contributed by atoms with Crippen LogP contribution < -0.4 is 16.6 Å². The van der Waals surface area contributed by atoms with Crippen LogP contribution in [0, 0.1) is 5.82 Å². The van der Waals surface area contributed by atoms with Gasteiger partial charge in [0, 0.05) is 25.9 Å². The van der Waals surface area contributed by atoms with Gasteiger partial charge in [0.2, 0.25) is 17.6 Å². The summed E-state index contributed by atoms with van der Waals surface area (Å²) in [6, 6.07) is 5.12. The quantitative estimate of drug-likeness (QED) is 0.608. The van der Waals surface area contributed by atoms with Crippen LogP contribution in [-0.2, 0) is 18.3 Å². The van der Waals surface area contributed by atoms with Crippen LogP contribution in [0.2, 0.25) is 0 Å². The van der Waals surface area contributed by atoms with Gasteiger partial charge in [0.1, 0.15) is 5.82 Å². The van der Waals surface area contributed by atoms with Crippen LogP contribution in [0.25, 0.3) is 17.2 Å². The number of carbonyl (C=O) groups excluding carboxylic acids is 1. The van der Waals surface area contributed by atoms with Crippen molar-refractivity contribution in [3.8, 4) is 17.2 Å². The molecule has 0 radical (unpaired) electrons. The van der Waals surface area contributed by atoms with E-state index in [0.29, 0.717) is 0 Å². The molecule has 1 atom stereocenters. The van der Waals surface area contributed by atoms with Crippen LogP contribution >= 0.6 is 0 Å². The molecule has 3 rings (SSSR count). The van der Waals surface area contributed by atoms with Crippen molar-refractivity contribution < 1.29 is 13.7 Å². The Morgan fingerprint density at radius 2 is 1.97 bits per heavy atom. The summed E-state index contributed by atoms with van der Waals surface area (Å²) >= 11 is 0. The molecule has 0 aliphatic heterocycles. The van der Waals surface area contributed by atoms with Crippen LogP contribution in [0.3, 0.4) is 0 Å². The lowest BCUT2D eigenvalue weighted by atomic mass is 10.2. The molecule has 10 nitrogen and oxygen atoms in total. The Morgan fingerprint density at radius 3 is 2.63 bits per heavy atom. The molecule has 0 fully saturated rings. The molecule has 2 aromatic heterocycles. The van der Waals surface area contributed by atoms with Gasteiger partial charge in [-0.25, -0.2) is 9.18 Å². The fraction of sp³-hybridized carbons (Fsp3) is 0.368. The molecule has 11 heteroatoms. The van der Waals surface area contributed by atoms with Crippen LogP contribution in [-0.4, -0.2) is 36.4 Å². The van der Waals surface area contributed by atoms with Gasteiger partial charge in [0.15, 0.2) is 5.69 Å². The van der Waals surface area contributed by atoms with E-state index >= 15 is 0 Å². The molecule has 0 saturated heterocycles. The SMILES string of the molecule is CC[C@H](C)NC(=O)CCc1nc(-c2nn(-c3ccc(F)cc3)c(=O)n(C)c2=O)no1. The van der Waals surface area contributed by atoms with Gasteiger partial charge in [-0.15, -0.1) is 0 Å². The van der Waals surface area contributed by atoms with E-state index in [2.05, 4.69) is 20.6 Å². The molecule has 0 unspecified atom stereocenters. The highest BCUT2D eigenvalue weighted by molar-refractivity contribution is 5.76. The Kier molecular flexibility index (Phi) is 6.19. The minimum Gasteiger partial charge on any atom is -0.354 e. The minimum absolute atomic E-state index is 0.0653. The number of aromatic nitrogens is 5. The van der Waals surface area contributed by atoms with Crippen molar-refractivity contribution in [1.82, 2.24) is 29.8 Å². The molecule has 0 spiro atoms. The topological polar surface area (TPSA) is 125 Å². The number of carbonyl (C=O) groups is 1. The maximum absolute atomic E-state index is 13.2. The number of aryl methyl sites for hydroxylation is 1. The molecule has 0 aliphatic carbocycles. The summed E-state index contributed by atoms with van der Waals surface area (Å²) in [6.07, 6.45) is 1.15. The number of amides is 1. The molecule has 2 heterocycles. The summed E-state index contributed by atoms with van der Waals surface area (Å²) in [5.41, 5.74) is -1.36. The smallest absolute Gasteiger partial charge is 0.351 e. The molecular formula is C19H21FN6O4. The highest BCUT2D eigenvalue weighted by atomic mass is 19.1. The third-order valence-corrected chi connectivity index (χ3v) is 4.51. The maximum Gasteiger partial charge on any atom is 0.351 e. The first-order chi connectivity index (χ1) is 14.3.